The van der Waals surface area contributed by atoms with Gasteiger partial charge in [0.15, 0.2) is 0 Å². The summed E-state index contributed by atoms with van der Waals surface area (Å²) in [4.78, 5) is 0. The molecule has 2 unspecified atom stereocenters. The normalized spacial score (nSPS) is 42.6. The van der Waals surface area contributed by atoms with E-state index in [0.29, 0.717) is 6.54 Å². The van der Waals surface area contributed by atoms with Crippen LogP contribution in [0.5, 0.6) is 0 Å². The third-order valence-electron chi connectivity index (χ3n) is 6.16. The molecule has 3 nitrogen and oxygen atoms in total. The van der Waals surface area contributed by atoms with Gasteiger partial charge >= 0.3 is 0 Å². The first-order valence-corrected chi connectivity index (χ1v) is 8.57. The van der Waals surface area contributed by atoms with Gasteiger partial charge in [-0.25, -0.2) is 0 Å². The van der Waals surface area contributed by atoms with E-state index in [4.69, 9.17) is 10.5 Å². The van der Waals surface area contributed by atoms with Gasteiger partial charge in [-0.3, -0.25) is 0 Å². The summed E-state index contributed by atoms with van der Waals surface area (Å²) < 4.78 is 5.66. The Bertz CT molecular complexity index is 299. The van der Waals surface area contributed by atoms with Crippen molar-refractivity contribution < 1.29 is 9.84 Å². The van der Waals surface area contributed by atoms with Crippen LogP contribution in [0.15, 0.2) is 0 Å². The van der Waals surface area contributed by atoms with Gasteiger partial charge in [-0.15, -0.1) is 0 Å². The summed E-state index contributed by atoms with van der Waals surface area (Å²) in [5.74, 6) is 0.841. The molecule has 20 heavy (non-hydrogen) atoms. The van der Waals surface area contributed by atoms with E-state index in [1.54, 1.807) is 7.11 Å². The Morgan fingerprint density at radius 1 is 1.15 bits per heavy atom. The van der Waals surface area contributed by atoms with Crippen LogP contribution in [-0.2, 0) is 4.74 Å². The van der Waals surface area contributed by atoms with E-state index in [2.05, 4.69) is 6.92 Å². The summed E-state index contributed by atoms with van der Waals surface area (Å²) in [5.41, 5.74) is 5.36. The van der Waals surface area contributed by atoms with Crippen LogP contribution in [-0.4, -0.2) is 30.5 Å². The molecule has 0 bridgehead atoms. The van der Waals surface area contributed by atoms with Crippen LogP contribution >= 0.6 is 0 Å². The van der Waals surface area contributed by atoms with E-state index >= 15 is 0 Å². The fourth-order valence-corrected chi connectivity index (χ4v) is 4.78. The first kappa shape index (κ1) is 16.3. The third kappa shape index (κ3) is 2.77. The van der Waals surface area contributed by atoms with Crippen molar-refractivity contribution in [1.29, 1.82) is 0 Å². The molecule has 0 heterocycles. The summed E-state index contributed by atoms with van der Waals surface area (Å²) in [7, 11) is 1.74. The lowest BCUT2D eigenvalue weighted by Crippen LogP contribution is -2.62. The van der Waals surface area contributed by atoms with Crippen molar-refractivity contribution in [2.24, 2.45) is 17.1 Å². The standard InChI is InChI=1S/C17H33NO2/c1-3-6-14-8-11-16(13-18,12-9-14)17(19)10-5-4-7-15(17)20-2/h14-15,19H,3-13,18H2,1-2H3. The van der Waals surface area contributed by atoms with Crippen molar-refractivity contribution in [3.05, 3.63) is 0 Å². The second-order valence-electron chi connectivity index (χ2n) is 7.11. The second kappa shape index (κ2) is 6.76. The summed E-state index contributed by atoms with van der Waals surface area (Å²) in [6.07, 6.45) is 11.3. The molecule has 0 spiro atoms. The van der Waals surface area contributed by atoms with Gasteiger partial charge in [0.2, 0.25) is 0 Å². The highest BCUT2D eigenvalue weighted by molar-refractivity contribution is 5.07. The lowest BCUT2D eigenvalue weighted by Gasteiger charge is -2.55. The zero-order valence-electron chi connectivity index (χ0n) is 13.4. The summed E-state index contributed by atoms with van der Waals surface area (Å²) in [6, 6.07) is 0. The smallest absolute Gasteiger partial charge is 0.0975 e. The quantitative estimate of drug-likeness (QED) is 0.814. The lowest BCUT2D eigenvalue weighted by molar-refractivity contribution is -0.197. The van der Waals surface area contributed by atoms with Crippen molar-refractivity contribution in [3.8, 4) is 0 Å². The first-order valence-electron chi connectivity index (χ1n) is 8.57. The maximum Gasteiger partial charge on any atom is 0.0975 e. The molecule has 2 aliphatic rings. The predicted molar refractivity (Wildman–Crippen MR) is 82.6 cm³/mol. The summed E-state index contributed by atoms with van der Waals surface area (Å²) >= 11 is 0. The van der Waals surface area contributed by atoms with Gasteiger partial charge in [0.05, 0.1) is 11.7 Å². The van der Waals surface area contributed by atoms with Crippen LogP contribution in [0.4, 0.5) is 0 Å². The van der Waals surface area contributed by atoms with E-state index in [-0.39, 0.29) is 11.5 Å². The van der Waals surface area contributed by atoms with Crippen molar-refractivity contribution >= 4 is 0 Å². The van der Waals surface area contributed by atoms with Gasteiger partial charge in [0.25, 0.3) is 0 Å². The molecule has 3 heteroatoms. The Kier molecular flexibility index (Phi) is 5.49. The van der Waals surface area contributed by atoms with Gasteiger partial charge in [0, 0.05) is 19.1 Å². The maximum absolute atomic E-state index is 11.4. The fourth-order valence-electron chi connectivity index (χ4n) is 4.78. The maximum atomic E-state index is 11.4. The minimum absolute atomic E-state index is 0.0254. The molecule has 0 aliphatic heterocycles. The van der Waals surface area contributed by atoms with Crippen LogP contribution in [0, 0.1) is 11.3 Å². The Labute approximate surface area is 124 Å². The highest BCUT2D eigenvalue weighted by Crippen LogP contribution is 2.52. The molecule has 2 saturated carbocycles. The molecule has 3 N–H and O–H groups in total. The first-order chi connectivity index (χ1) is 9.62. The van der Waals surface area contributed by atoms with Crippen LogP contribution in [0.3, 0.4) is 0 Å². The van der Waals surface area contributed by atoms with Gasteiger partial charge in [0.1, 0.15) is 0 Å². The molecule has 2 fully saturated rings. The Morgan fingerprint density at radius 3 is 2.40 bits per heavy atom. The minimum atomic E-state index is -0.702. The van der Waals surface area contributed by atoms with Gasteiger partial charge in [-0.05, 0) is 44.4 Å². The fraction of sp³-hybridized carbons (Fsp3) is 1.00. The number of rotatable bonds is 5. The van der Waals surface area contributed by atoms with Gasteiger partial charge in [-0.2, -0.15) is 0 Å². The van der Waals surface area contributed by atoms with Crippen molar-refractivity contribution in [2.45, 2.75) is 82.8 Å². The monoisotopic (exact) mass is 283 g/mol. The average Bonchev–Trinajstić information content (AvgIpc) is 2.49. The Morgan fingerprint density at radius 2 is 1.85 bits per heavy atom. The van der Waals surface area contributed by atoms with Crippen LogP contribution in [0.2, 0.25) is 0 Å². The van der Waals surface area contributed by atoms with Crippen molar-refractivity contribution in [3.63, 3.8) is 0 Å². The molecule has 0 aromatic heterocycles. The Balaban J connectivity index is 2.13. The number of hydrogen-bond donors (Lipinski definition) is 2. The van der Waals surface area contributed by atoms with Crippen molar-refractivity contribution in [2.75, 3.05) is 13.7 Å². The molecule has 0 aromatic rings. The van der Waals surface area contributed by atoms with E-state index in [1.165, 1.54) is 32.1 Å². The molecule has 2 atom stereocenters. The summed E-state index contributed by atoms with van der Waals surface area (Å²) in [6.45, 7) is 2.86. The lowest BCUT2D eigenvalue weighted by atomic mass is 9.56. The zero-order chi connectivity index (χ0) is 14.6. The van der Waals surface area contributed by atoms with E-state index in [1.807, 2.05) is 0 Å². The van der Waals surface area contributed by atoms with E-state index < -0.39 is 5.60 Å². The highest BCUT2D eigenvalue weighted by atomic mass is 16.5. The molecule has 0 radical (unpaired) electrons. The van der Waals surface area contributed by atoms with Gasteiger partial charge in [-0.1, -0.05) is 32.6 Å². The zero-order valence-corrected chi connectivity index (χ0v) is 13.4. The topological polar surface area (TPSA) is 55.5 Å². The third-order valence-corrected chi connectivity index (χ3v) is 6.16. The number of aliphatic hydroxyl groups is 1. The molecule has 0 saturated heterocycles. The highest BCUT2D eigenvalue weighted by Gasteiger charge is 2.55. The Hall–Kier alpha value is -0.120. The largest absolute Gasteiger partial charge is 0.387 e. The molecule has 0 aromatic carbocycles. The van der Waals surface area contributed by atoms with E-state index in [0.717, 1.165) is 38.0 Å². The molecule has 0 amide bonds. The number of methoxy groups -OCH3 is 1. The minimum Gasteiger partial charge on any atom is -0.387 e. The molecule has 118 valence electrons. The van der Waals surface area contributed by atoms with Crippen LogP contribution < -0.4 is 5.73 Å². The number of nitrogens with two attached hydrogens (primary N) is 1. The number of ether oxygens (including phenoxy) is 1. The molecule has 2 aliphatic carbocycles. The second-order valence-corrected chi connectivity index (χ2v) is 7.11. The summed E-state index contributed by atoms with van der Waals surface area (Å²) in [5, 5.41) is 11.4. The molecular formula is C17H33NO2. The molecular weight excluding hydrogens is 250 g/mol. The van der Waals surface area contributed by atoms with Gasteiger partial charge < -0.3 is 15.6 Å². The molecule has 2 rings (SSSR count). The van der Waals surface area contributed by atoms with Crippen molar-refractivity contribution in [1.82, 2.24) is 0 Å². The average molecular weight is 283 g/mol. The SMILES string of the molecule is CCCC1CCC(CN)(C2(O)CCCCC2OC)CC1. The van der Waals surface area contributed by atoms with Crippen LogP contribution in [0.25, 0.3) is 0 Å². The predicted octanol–water partition coefficient (Wildman–Crippen LogP) is 3.24. The van der Waals surface area contributed by atoms with E-state index in [9.17, 15) is 5.11 Å². The van der Waals surface area contributed by atoms with Crippen LogP contribution in [0.1, 0.15) is 71.1 Å². The number of hydrogen-bond acceptors (Lipinski definition) is 3.